The minimum absolute atomic E-state index is 0.243. The Kier molecular flexibility index (Phi) is 5.81. The van der Waals surface area contributed by atoms with Crippen LogP contribution in [0.3, 0.4) is 0 Å². The number of amides is 1. The minimum Gasteiger partial charge on any atom is -0.452 e. The van der Waals surface area contributed by atoms with Crippen LogP contribution < -0.4 is 5.32 Å². The Morgan fingerprint density at radius 1 is 1.21 bits per heavy atom. The molecule has 5 nitrogen and oxygen atoms in total. The van der Waals surface area contributed by atoms with Crippen molar-refractivity contribution in [2.45, 2.75) is 0 Å². The van der Waals surface area contributed by atoms with Crippen LogP contribution in [0.15, 0.2) is 54.6 Å². The fourth-order valence-corrected chi connectivity index (χ4v) is 1.82. The van der Waals surface area contributed by atoms with Gasteiger partial charge < -0.3 is 10.1 Å². The maximum atomic E-state index is 13.4. The molecule has 0 bridgehead atoms. The molecule has 2 aromatic rings. The number of esters is 1. The molecule has 24 heavy (non-hydrogen) atoms. The maximum absolute atomic E-state index is 13.4. The summed E-state index contributed by atoms with van der Waals surface area (Å²) in [7, 11) is 0. The average molecular weight is 324 g/mol. The van der Waals surface area contributed by atoms with Gasteiger partial charge in [-0.05, 0) is 30.3 Å². The molecule has 2 aromatic carbocycles. The third-order valence-corrected chi connectivity index (χ3v) is 2.93. The molecule has 0 spiro atoms. The van der Waals surface area contributed by atoms with Crippen LogP contribution in [0.1, 0.15) is 11.1 Å². The lowest BCUT2D eigenvalue weighted by Crippen LogP contribution is -2.20. The van der Waals surface area contributed by atoms with E-state index in [1.54, 1.807) is 24.3 Å². The SMILES string of the molecule is N#Cc1cccc(NC(=O)COC(=O)/C=C/c2ccccc2F)c1. The van der Waals surface area contributed by atoms with Gasteiger partial charge in [0.05, 0.1) is 11.6 Å². The molecule has 0 saturated carbocycles. The van der Waals surface area contributed by atoms with Crippen LogP contribution in [-0.2, 0) is 14.3 Å². The van der Waals surface area contributed by atoms with Gasteiger partial charge in [-0.25, -0.2) is 9.18 Å². The molecule has 0 radical (unpaired) electrons. The predicted octanol–water partition coefficient (Wildman–Crippen LogP) is 2.89. The quantitative estimate of drug-likeness (QED) is 0.677. The molecule has 0 aromatic heterocycles. The monoisotopic (exact) mass is 324 g/mol. The van der Waals surface area contributed by atoms with Crippen LogP contribution in [-0.4, -0.2) is 18.5 Å². The third kappa shape index (κ3) is 5.07. The lowest BCUT2D eigenvalue weighted by Gasteiger charge is -2.05. The number of anilines is 1. The highest BCUT2D eigenvalue weighted by Crippen LogP contribution is 2.10. The second-order valence-electron chi connectivity index (χ2n) is 4.70. The summed E-state index contributed by atoms with van der Waals surface area (Å²) in [6.07, 6.45) is 2.31. The van der Waals surface area contributed by atoms with Gasteiger partial charge in [0.2, 0.25) is 0 Å². The molecule has 0 fully saturated rings. The van der Waals surface area contributed by atoms with Crippen molar-refractivity contribution in [3.05, 3.63) is 71.6 Å². The van der Waals surface area contributed by atoms with Crippen molar-refractivity contribution in [1.82, 2.24) is 0 Å². The largest absolute Gasteiger partial charge is 0.452 e. The first-order chi connectivity index (χ1) is 11.6. The molecule has 0 saturated heterocycles. The third-order valence-electron chi connectivity index (χ3n) is 2.93. The lowest BCUT2D eigenvalue weighted by molar-refractivity contribution is -0.142. The fourth-order valence-electron chi connectivity index (χ4n) is 1.82. The van der Waals surface area contributed by atoms with Gasteiger partial charge in [0, 0.05) is 17.3 Å². The van der Waals surface area contributed by atoms with Crippen LogP contribution in [0.2, 0.25) is 0 Å². The molecule has 0 unspecified atom stereocenters. The van der Waals surface area contributed by atoms with Gasteiger partial charge in [-0.1, -0.05) is 24.3 Å². The summed E-state index contributed by atoms with van der Waals surface area (Å²) < 4.78 is 18.1. The summed E-state index contributed by atoms with van der Waals surface area (Å²) in [5.41, 5.74) is 1.07. The summed E-state index contributed by atoms with van der Waals surface area (Å²) in [5, 5.41) is 11.3. The van der Waals surface area contributed by atoms with E-state index < -0.39 is 24.3 Å². The zero-order valence-corrected chi connectivity index (χ0v) is 12.5. The molecule has 0 aliphatic rings. The zero-order chi connectivity index (χ0) is 17.4. The molecule has 0 heterocycles. The van der Waals surface area contributed by atoms with E-state index in [0.29, 0.717) is 11.3 Å². The normalized spacial score (nSPS) is 10.2. The van der Waals surface area contributed by atoms with E-state index in [1.165, 1.54) is 30.3 Å². The van der Waals surface area contributed by atoms with Crippen molar-refractivity contribution < 1.29 is 18.7 Å². The summed E-state index contributed by atoms with van der Waals surface area (Å²) in [4.78, 5) is 23.2. The Morgan fingerprint density at radius 3 is 2.75 bits per heavy atom. The van der Waals surface area contributed by atoms with Crippen LogP contribution in [0.4, 0.5) is 10.1 Å². The zero-order valence-electron chi connectivity index (χ0n) is 12.5. The van der Waals surface area contributed by atoms with Crippen LogP contribution >= 0.6 is 0 Å². The number of nitrogens with zero attached hydrogens (tertiary/aromatic N) is 1. The standard InChI is InChI=1S/C18H13FN2O3/c19-16-7-2-1-5-14(16)8-9-18(23)24-12-17(22)21-15-6-3-4-13(10-15)11-20/h1-10H,12H2,(H,21,22)/b9-8+. The van der Waals surface area contributed by atoms with Crippen molar-refractivity contribution >= 4 is 23.6 Å². The summed E-state index contributed by atoms with van der Waals surface area (Å²) in [6.45, 7) is -0.489. The average Bonchev–Trinajstić information content (AvgIpc) is 2.59. The molecular formula is C18H13FN2O3. The first-order valence-corrected chi connectivity index (χ1v) is 6.98. The van der Waals surface area contributed by atoms with E-state index in [0.717, 1.165) is 6.08 Å². The fraction of sp³-hybridized carbons (Fsp3) is 0.0556. The second kappa shape index (κ2) is 8.25. The van der Waals surface area contributed by atoms with Gasteiger partial charge in [-0.2, -0.15) is 5.26 Å². The van der Waals surface area contributed by atoms with Gasteiger partial charge in [0.15, 0.2) is 6.61 Å². The predicted molar refractivity (Wildman–Crippen MR) is 86.2 cm³/mol. The Hall–Kier alpha value is -3.46. The van der Waals surface area contributed by atoms with Crippen molar-refractivity contribution in [3.63, 3.8) is 0 Å². The highest BCUT2D eigenvalue weighted by Gasteiger charge is 2.06. The number of ether oxygens (including phenoxy) is 1. The summed E-state index contributed by atoms with van der Waals surface area (Å²) in [5.74, 6) is -1.77. The molecule has 120 valence electrons. The number of halogens is 1. The maximum Gasteiger partial charge on any atom is 0.331 e. The van der Waals surface area contributed by atoms with Crippen molar-refractivity contribution in [3.8, 4) is 6.07 Å². The lowest BCUT2D eigenvalue weighted by atomic mass is 10.2. The van der Waals surface area contributed by atoms with Crippen molar-refractivity contribution in [1.29, 1.82) is 5.26 Å². The van der Waals surface area contributed by atoms with Crippen molar-refractivity contribution in [2.75, 3.05) is 11.9 Å². The van der Waals surface area contributed by atoms with E-state index in [9.17, 15) is 14.0 Å². The number of nitrogens with one attached hydrogen (secondary N) is 1. The Bertz CT molecular complexity index is 825. The van der Waals surface area contributed by atoms with Crippen LogP contribution in [0.5, 0.6) is 0 Å². The second-order valence-corrected chi connectivity index (χ2v) is 4.70. The van der Waals surface area contributed by atoms with Gasteiger partial charge in [0.25, 0.3) is 5.91 Å². The number of benzene rings is 2. The van der Waals surface area contributed by atoms with Crippen LogP contribution in [0.25, 0.3) is 6.08 Å². The van der Waals surface area contributed by atoms with E-state index in [-0.39, 0.29) is 5.56 Å². The number of carbonyl (C=O) groups is 2. The van der Waals surface area contributed by atoms with E-state index in [2.05, 4.69) is 5.32 Å². The number of nitriles is 1. The van der Waals surface area contributed by atoms with E-state index >= 15 is 0 Å². The highest BCUT2D eigenvalue weighted by atomic mass is 19.1. The molecule has 6 heteroatoms. The molecule has 0 atom stereocenters. The molecule has 2 rings (SSSR count). The minimum atomic E-state index is -0.765. The first-order valence-electron chi connectivity index (χ1n) is 6.98. The van der Waals surface area contributed by atoms with Crippen LogP contribution in [0, 0.1) is 17.1 Å². The number of hydrogen-bond acceptors (Lipinski definition) is 4. The number of hydrogen-bond donors (Lipinski definition) is 1. The van der Waals surface area contributed by atoms with Gasteiger partial charge >= 0.3 is 5.97 Å². The molecule has 1 N–H and O–H groups in total. The van der Waals surface area contributed by atoms with Crippen molar-refractivity contribution in [2.24, 2.45) is 0 Å². The summed E-state index contributed by atoms with van der Waals surface area (Å²) in [6, 6.07) is 14.2. The Balaban J connectivity index is 1.84. The number of carbonyl (C=O) groups excluding carboxylic acids is 2. The van der Waals surface area contributed by atoms with Gasteiger partial charge in [0.1, 0.15) is 5.82 Å². The first kappa shape index (κ1) is 16.9. The van der Waals surface area contributed by atoms with E-state index in [1.807, 2.05) is 6.07 Å². The van der Waals surface area contributed by atoms with Gasteiger partial charge in [-0.3, -0.25) is 4.79 Å². The molecule has 0 aliphatic carbocycles. The Morgan fingerprint density at radius 2 is 2.00 bits per heavy atom. The smallest absolute Gasteiger partial charge is 0.331 e. The number of rotatable bonds is 5. The highest BCUT2D eigenvalue weighted by molar-refractivity contribution is 5.94. The van der Waals surface area contributed by atoms with Gasteiger partial charge in [-0.15, -0.1) is 0 Å². The van der Waals surface area contributed by atoms with E-state index in [4.69, 9.17) is 10.00 Å². The molecule has 0 aliphatic heterocycles. The molecular weight excluding hydrogens is 311 g/mol. The topological polar surface area (TPSA) is 79.2 Å². The Labute approximate surface area is 138 Å². The molecule has 1 amide bonds. The summed E-state index contributed by atoms with van der Waals surface area (Å²) >= 11 is 0.